The lowest BCUT2D eigenvalue weighted by molar-refractivity contribution is -0.136. The molecule has 0 unspecified atom stereocenters. The fourth-order valence-corrected chi connectivity index (χ4v) is 9.87. The summed E-state index contributed by atoms with van der Waals surface area (Å²) in [6.45, 7) is 8.33. The summed E-state index contributed by atoms with van der Waals surface area (Å²) in [5, 5.41) is 14.5. The average Bonchev–Trinajstić information content (AvgIpc) is 4.11. The van der Waals surface area contributed by atoms with Crippen molar-refractivity contribution in [2.24, 2.45) is 11.8 Å². The van der Waals surface area contributed by atoms with Gasteiger partial charge in [0.25, 0.3) is 0 Å². The van der Waals surface area contributed by atoms with Gasteiger partial charge >= 0.3 is 12.2 Å². The lowest BCUT2D eigenvalue weighted by Gasteiger charge is -2.33. The Bertz CT molecular complexity index is 2560. The molecule has 2 aromatic heterocycles. The molecule has 0 radical (unpaired) electrons. The molecule has 3 aromatic carbocycles. The van der Waals surface area contributed by atoms with Crippen LogP contribution in [0.4, 0.5) is 24.1 Å². The van der Waals surface area contributed by atoms with E-state index in [2.05, 4.69) is 20.6 Å². The highest BCUT2D eigenvalue weighted by atomic mass is 19.1. The summed E-state index contributed by atoms with van der Waals surface area (Å²) in [5.41, 5.74) is 5.01. The van der Waals surface area contributed by atoms with Crippen molar-refractivity contribution < 1.29 is 42.5 Å². The Kier molecular flexibility index (Phi) is 12.4. The number of aromatic nitrogens is 4. The van der Waals surface area contributed by atoms with Crippen LogP contribution in [0.5, 0.6) is 5.75 Å². The van der Waals surface area contributed by atoms with E-state index in [0.29, 0.717) is 67.1 Å². The number of alkyl carbamates (subject to hydrolysis) is 1. The molecule has 0 saturated carbocycles. The summed E-state index contributed by atoms with van der Waals surface area (Å²) in [6, 6.07) is 11.4. The van der Waals surface area contributed by atoms with Gasteiger partial charge in [0, 0.05) is 30.9 Å². The zero-order valence-corrected chi connectivity index (χ0v) is 36.8. The SMILES string of the molecule is COC(=O)N[C@H](C(=O)N1CCC[C@H]1c1nc2ccc([C@H]3CC[C@H](c4ccc5nc([C@@H]6CCCN6C(=O)[C@@H](NC(=O)O)C(C)C)[nH]c5c4)N3c3cc(F)c(OC)c(F)c3)cc2[nH]1)C(C)C. The molecule has 3 fully saturated rings. The minimum absolute atomic E-state index is 0.176. The van der Waals surface area contributed by atoms with Crippen LogP contribution in [0, 0.1) is 23.5 Å². The molecule has 5 aromatic rings. The van der Waals surface area contributed by atoms with Crippen molar-refractivity contribution in [3.8, 4) is 5.75 Å². The Labute approximate surface area is 369 Å². The number of hydrogen-bond acceptors (Lipinski definition) is 9. The minimum atomic E-state index is -1.26. The van der Waals surface area contributed by atoms with Gasteiger partial charge in [-0.1, -0.05) is 39.8 Å². The predicted molar refractivity (Wildman–Crippen MR) is 234 cm³/mol. The molecule has 340 valence electrons. The monoisotopic (exact) mass is 883 g/mol. The Balaban J connectivity index is 1.10. The summed E-state index contributed by atoms with van der Waals surface area (Å²) in [6.07, 6.45) is 2.22. The first kappa shape index (κ1) is 44.2. The van der Waals surface area contributed by atoms with Gasteiger partial charge in [-0.15, -0.1) is 0 Å². The molecule has 18 heteroatoms. The molecule has 16 nitrogen and oxygen atoms in total. The molecule has 6 atom stereocenters. The van der Waals surface area contributed by atoms with Crippen molar-refractivity contribution in [3.63, 3.8) is 0 Å². The molecule has 3 aliphatic rings. The average molecular weight is 884 g/mol. The van der Waals surface area contributed by atoms with Crippen LogP contribution in [0.15, 0.2) is 48.5 Å². The number of fused-ring (bicyclic) bond motifs is 2. The Morgan fingerprint density at radius 1 is 0.703 bits per heavy atom. The number of imidazole rings is 2. The van der Waals surface area contributed by atoms with E-state index in [1.807, 2.05) is 55.1 Å². The zero-order valence-electron chi connectivity index (χ0n) is 36.8. The summed E-state index contributed by atoms with van der Waals surface area (Å²) in [5.74, 6) is -1.81. The number of nitrogens with one attached hydrogen (secondary N) is 4. The number of rotatable bonds is 12. The Morgan fingerprint density at radius 2 is 1.17 bits per heavy atom. The standard InChI is InChI=1S/C46H55F2N9O7/c1-23(2)38(53-45(60)61)43(58)55-17-7-9-36(55)41-49-30-13-11-25(19-32(30)51-41)34-15-16-35(57(34)27-21-28(47)40(63-5)29(48)22-27)26-12-14-31-33(20-26)52-42(50-31)37-10-8-18-56(37)44(59)39(24(3)4)54-46(62)64-6/h11-14,19-24,34-39,53H,7-10,15-18H2,1-6H3,(H,49,51)(H,50,52)(H,54,62)(H,60,61)/t34-,35-,36+,37+,38+,39+/m1/s1. The maximum atomic E-state index is 15.5. The highest BCUT2D eigenvalue weighted by molar-refractivity contribution is 5.87. The number of carboxylic acid groups (broad SMARTS) is 1. The number of hydrogen-bond donors (Lipinski definition) is 5. The molecule has 3 aliphatic heterocycles. The molecule has 4 amide bonds. The number of nitrogens with zero attached hydrogens (tertiary/aromatic N) is 5. The van der Waals surface area contributed by atoms with Gasteiger partial charge in [-0.05, 0) is 85.8 Å². The summed E-state index contributed by atoms with van der Waals surface area (Å²) in [7, 11) is 2.49. The molecular formula is C46H55F2N9O7. The number of H-pyrrole nitrogens is 2. The molecule has 0 bridgehead atoms. The van der Waals surface area contributed by atoms with E-state index in [4.69, 9.17) is 19.4 Å². The second kappa shape index (κ2) is 18.0. The number of carbonyl (C=O) groups excluding carboxylic acids is 3. The highest BCUT2D eigenvalue weighted by Gasteiger charge is 2.41. The van der Waals surface area contributed by atoms with Gasteiger partial charge in [-0.3, -0.25) is 9.59 Å². The van der Waals surface area contributed by atoms with E-state index in [1.54, 1.807) is 23.6 Å². The van der Waals surface area contributed by atoms with Crippen molar-refractivity contribution >= 4 is 51.8 Å². The van der Waals surface area contributed by atoms with Gasteiger partial charge in [-0.2, -0.15) is 0 Å². The maximum absolute atomic E-state index is 15.5. The number of benzene rings is 3. The summed E-state index contributed by atoms with van der Waals surface area (Å²) >= 11 is 0. The van der Waals surface area contributed by atoms with E-state index in [1.165, 1.54) is 26.4 Å². The number of halogens is 2. The Morgan fingerprint density at radius 3 is 1.59 bits per heavy atom. The Hall–Kier alpha value is -6.46. The fourth-order valence-electron chi connectivity index (χ4n) is 9.87. The molecule has 0 spiro atoms. The second-order valence-corrected chi connectivity index (χ2v) is 17.7. The summed E-state index contributed by atoms with van der Waals surface area (Å²) in [4.78, 5) is 73.4. The number of aromatic amines is 2. The van der Waals surface area contributed by atoms with Crippen LogP contribution in [0.3, 0.4) is 0 Å². The minimum Gasteiger partial charge on any atom is -0.491 e. The number of likely N-dealkylation sites (tertiary alicyclic amines) is 2. The van der Waals surface area contributed by atoms with Gasteiger partial charge in [0.2, 0.25) is 11.8 Å². The van der Waals surface area contributed by atoms with E-state index >= 15 is 8.78 Å². The van der Waals surface area contributed by atoms with Crippen LogP contribution in [-0.2, 0) is 14.3 Å². The van der Waals surface area contributed by atoms with Gasteiger partial charge in [0.05, 0.1) is 60.5 Å². The first-order valence-electron chi connectivity index (χ1n) is 21.9. The van der Waals surface area contributed by atoms with E-state index in [-0.39, 0.29) is 47.8 Å². The van der Waals surface area contributed by atoms with E-state index < -0.39 is 41.7 Å². The molecule has 5 N–H and O–H groups in total. The van der Waals surface area contributed by atoms with Crippen molar-refractivity contribution in [1.82, 2.24) is 40.4 Å². The summed E-state index contributed by atoms with van der Waals surface area (Å²) < 4.78 is 40.9. The quantitative estimate of drug-likeness (QED) is 0.0824. The van der Waals surface area contributed by atoms with Gasteiger partial charge in [-0.25, -0.2) is 28.3 Å². The molecule has 8 rings (SSSR count). The molecule has 3 saturated heterocycles. The molecule has 0 aliphatic carbocycles. The third kappa shape index (κ3) is 8.36. The molecule has 5 heterocycles. The van der Waals surface area contributed by atoms with Crippen molar-refractivity contribution in [2.75, 3.05) is 32.2 Å². The lowest BCUT2D eigenvalue weighted by Crippen LogP contribution is -2.51. The third-order valence-electron chi connectivity index (χ3n) is 13.0. The van der Waals surface area contributed by atoms with Crippen LogP contribution in [-0.4, -0.2) is 98.2 Å². The first-order valence-corrected chi connectivity index (χ1v) is 21.9. The molecular weight excluding hydrogens is 829 g/mol. The zero-order chi connectivity index (χ0) is 45.6. The van der Waals surface area contributed by atoms with Crippen molar-refractivity contribution in [3.05, 3.63) is 82.9 Å². The molecule has 64 heavy (non-hydrogen) atoms. The fraction of sp³-hybridized carbons (Fsp3) is 0.478. The number of ether oxygens (including phenoxy) is 2. The predicted octanol–water partition coefficient (Wildman–Crippen LogP) is 7.81. The third-order valence-corrected chi connectivity index (χ3v) is 13.0. The normalized spacial score (nSPS) is 21.0. The first-order chi connectivity index (χ1) is 30.7. The largest absolute Gasteiger partial charge is 0.491 e. The highest BCUT2D eigenvalue weighted by Crippen LogP contribution is 2.49. The van der Waals surface area contributed by atoms with Crippen LogP contribution >= 0.6 is 0 Å². The number of methoxy groups -OCH3 is 2. The van der Waals surface area contributed by atoms with Crippen LogP contribution in [0.1, 0.15) is 113 Å². The van der Waals surface area contributed by atoms with Crippen LogP contribution < -0.4 is 20.3 Å². The topological polar surface area (TPSA) is 198 Å². The number of anilines is 1. The van der Waals surface area contributed by atoms with Gasteiger partial charge < -0.3 is 49.9 Å². The number of amides is 4. The van der Waals surface area contributed by atoms with Gasteiger partial charge in [0.1, 0.15) is 23.7 Å². The van der Waals surface area contributed by atoms with Crippen molar-refractivity contribution in [2.45, 2.75) is 102 Å². The number of carbonyl (C=O) groups is 4. The van der Waals surface area contributed by atoms with Crippen molar-refractivity contribution in [1.29, 1.82) is 0 Å². The van der Waals surface area contributed by atoms with Crippen LogP contribution in [0.2, 0.25) is 0 Å². The van der Waals surface area contributed by atoms with E-state index in [9.17, 15) is 24.3 Å². The van der Waals surface area contributed by atoms with Crippen LogP contribution in [0.25, 0.3) is 22.1 Å². The smallest absolute Gasteiger partial charge is 0.407 e. The van der Waals surface area contributed by atoms with Gasteiger partial charge in [0.15, 0.2) is 17.4 Å². The second-order valence-electron chi connectivity index (χ2n) is 17.7. The lowest BCUT2D eigenvalue weighted by atomic mass is 10.0. The maximum Gasteiger partial charge on any atom is 0.407 e. The van der Waals surface area contributed by atoms with E-state index in [0.717, 1.165) is 35.0 Å².